The van der Waals surface area contributed by atoms with Crippen molar-refractivity contribution in [3.63, 3.8) is 0 Å². The molecule has 0 radical (unpaired) electrons. The quantitative estimate of drug-likeness (QED) is 0.524. The zero-order valence-electron chi connectivity index (χ0n) is 14.9. The number of hydrogen-bond acceptors (Lipinski definition) is 5. The monoisotopic (exact) mass is 375 g/mol. The fourth-order valence-corrected chi connectivity index (χ4v) is 3.90. The van der Waals surface area contributed by atoms with Crippen LogP contribution in [0.2, 0.25) is 0 Å². The molecule has 140 valence electrons. The lowest BCUT2D eigenvalue weighted by molar-refractivity contribution is 0.111. The van der Waals surface area contributed by atoms with Gasteiger partial charge in [0.2, 0.25) is 5.95 Å². The summed E-state index contributed by atoms with van der Waals surface area (Å²) in [5, 5.41) is 9.77. The second-order valence-corrected chi connectivity index (χ2v) is 7.07. The molecule has 2 N–H and O–H groups in total. The molecule has 9 heteroatoms. The van der Waals surface area contributed by atoms with Crippen molar-refractivity contribution in [3.8, 4) is 5.95 Å². The number of aliphatic hydroxyl groups excluding tert-OH is 1. The Bertz CT molecular complexity index is 1290. The van der Waals surface area contributed by atoms with Crippen molar-refractivity contribution < 1.29 is 5.11 Å². The predicted molar refractivity (Wildman–Crippen MR) is 103 cm³/mol. The molecule has 3 aromatic heterocycles. The van der Waals surface area contributed by atoms with Crippen LogP contribution in [0.5, 0.6) is 0 Å². The highest BCUT2D eigenvalue weighted by atomic mass is 16.3. The number of H-pyrrole nitrogens is 1. The summed E-state index contributed by atoms with van der Waals surface area (Å²) in [4.78, 5) is 32.2. The molecule has 9 nitrogen and oxygen atoms in total. The summed E-state index contributed by atoms with van der Waals surface area (Å²) in [6, 6.07) is 5.26. The Morgan fingerprint density at radius 2 is 2.04 bits per heavy atom. The summed E-state index contributed by atoms with van der Waals surface area (Å²) in [6.07, 6.45) is 5.73. The van der Waals surface area contributed by atoms with Crippen LogP contribution in [0.15, 0.2) is 35.5 Å². The maximum absolute atomic E-state index is 12.5. The first-order chi connectivity index (χ1) is 13.6. The first kappa shape index (κ1) is 16.6. The zero-order valence-corrected chi connectivity index (χ0v) is 14.9. The van der Waals surface area contributed by atoms with Gasteiger partial charge >= 0.3 is 5.69 Å². The summed E-state index contributed by atoms with van der Waals surface area (Å²) >= 11 is 0. The normalized spacial score (nSPS) is 19.9. The average Bonchev–Trinajstić information content (AvgIpc) is 3.27. The molecule has 0 unspecified atom stereocenters. The van der Waals surface area contributed by atoms with Crippen molar-refractivity contribution in [2.45, 2.75) is 37.8 Å². The summed E-state index contributed by atoms with van der Waals surface area (Å²) in [5.41, 5.74) is 2.89. The first-order valence-electron chi connectivity index (χ1n) is 9.14. The number of hydrogen-bond donors (Lipinski definition) is 2. The average molecular weight is 375 g/mol. The van der Waals surface area contributed by atoms with Gasteiger partial charge in [-0.2, -0.15) is 4.98 Å². The molecule has 1 aliphatic carbocycles. The second-order valence-electron chi connectivity index (χ2n) is 7.07. The minimum Gasteiger partial charge on any atom is -0.393 e. The van der Waals surface area contributed by atoms with E-state index in [1.54, 1.807) is 39.9 Å². The van der Waals surface area contributed by atoms with Crippen molar-refractivity contribution in [1.29, 1.82) is 0 Å². The molecule has 1 fully saturated rings. The van der Waals surface area contributed by atoms with E-state index >= 15 is 0 Å². The summed E-state index contributed by atoms with van der Waals surface area (Å²) in [6.45, 7) is 7.22. The molecule has 0 spiro atoms. The Kier molecular flexibility index (Phi) is 3.74. The van der Waals surface area contributed by atoms with Crippen LogP contribution in [0, 0.1) is 6.57 Å². The van der Waals surface area contributed by atoms with Gasteiger partial charge < -0.3 is 10.1 Å². The van der Waals surface area contributed by atoms with E-state index in [1.807, 2.05) is 0 Å². The largest absolute Gasteiger partial charge is 0.393 e. The Morgan fingerprint density at radius 1 is 1.21 bits per heavy atom. The van der Waals surface area contributed by atoms with Crippen molar-refractivity contribution in [1.82, 2.24) is 29.1 Å². The van der Waals surface area contributed by atoms with Gasteiger partial charge in [-0.25, -0.2) is 19.6 Å². The van der Waals surface area contributed by atoms with E-state index in [1.165, 1.54) is 0 Å². The lowest BCUT2D eigenvalue weighted by atomic mass is 9.93. The van der Waals surface area contributed by atoms with Gasteiger partial charge in [0.25, 0.3) is 0 Å². The Labute approximate surface area is 159 Å². The van der Waals surface area contributed by atoms with Crippen LogP contribution >= 0.6 is 0 Å². The number of nitrogens with zero attached hydrogens (tertiary/aromatic N) is 6. The Hall–Kier alpha value is -3.51. The van der Waals surface area contributed by atoms with Gasteiger partial charge in [-0.15, -0.1) is 0 Å². The molecule has 0 atom stereocenters. The van der Waals surface area contributed by atoms with E-state index in [0.717, 1.165) is 23.9 Å². The molecule has 0 saturated heterocycles. The highest BCUT2D eigenvalue weighted by Crippen LogP contribution is 2.29. The summed E-state index contributed by atoms with van der Waals surface area (Å²) in [7, 11) is 0. The van der Waals surface area contributed by atoms with Gasteiger partial charge in [0.05, 0.1) is 29.9 Å². The van der Waals surface area contributed by atoms with Crippen LogP contribution in [-0.2, 0) is 0 Å². The van der Waals surface area contributed by atoms with Crippen LogP contribution in [0.3, 0.4) is 0 Å². The van der Waals surface area contributed by atoms with Crippen LogP contribution in [-0.4, -0.2) is 40.3 Å². The van der Waals surface area contributed by atoms with Crippen molar-refractivity contribution in [2.24, 2.45) is 0 Å². The van der Waals surface area contributed by atoms with Gasteiger partial charge in [-0.05, 0) is 37.8 Å². The molecule has 0 bridgehead atoms. The molecule has 28 heavy (non-hydrogen) atoms. The summed E-state index contributed by atoms with van der Waals surface area (Å²) in [5.74, 6) is 0.390. The third-order valence-corrected chi connectivity index (χ3v) is 5.35. The zero-order chi connectivity index (χ0) is 19.3. The Morgan fingerprint density at radius 3 is 2.82 bits per heavy atom. The lowest BCUT2D eigenvalue weighted by Gasteiger charge is -2.25. The van der Waals surface area contributed by atoms with Gasteiger partial charge in [0, 0.05) is 6.04 Å². The van der Waals surface area contributed by atoms with E-state index in [9.17, 15) is 9.90 Å². The molecule has 3 heterocycles. The fraction of sp³-hybridized carbons (Fsp3) is 0.316. The van der Waals surface area contributed by atoms with Gasteiger partial charge in [0.15, 0.2) is 11.3 Å². The van der Waals surface area contributed by atoms with Crippen LogP contribution < -0.4 is 5.69 Å². The summed E-state index contributed by atoms with van der Waals surface area (Å²) < 4.78 is 3.39. The highest BCUT2D eigenvalue weighted by Gasteiger charge is 2.25. The third-order valence-electron chi connectivity index (χ3n) is 5.35. The molecular formula is C19H17N7O2. The maximum atomic E-state index is 12.5. The second kappa shape index (κ2) is 6.28. The van der Waals surface area contributed by atoms with E-state index in [2.05, 4.69) is 24.8 Å². The minimum atomic E-state index is -0.295. The van der Waals surface area contributed by atoms with E-state index in [0.29, 0.717) is 35.6 Å². The molecular weight excluding hydrogens is 358 g/mol. The van der Waals surface area contributed by atoms with Crippen molar-refractivity contribution >= 4 is 27.9 Å². The molecule has 5 rings (SSSR count). The molecule has 1 aliphatic rings. The van der Waals surface area contributed by atoms with E-state index in [4.69, 9.17) is 6.57 Å². The molecule has 0 amide bonds. The first-order valence-corrected chi connectivity index (χ1v) is 9.14. The number of benzene rings is 1. The van der Waals surface area contributed by atoms with Crippen LogP contribution in [0.4, 0.5) is 5.69 Å². The minimum absolute atomic E-state index is 0.000601. The van der Waals surface area contributed by atoms with E-state index < -0.39 is 0 Å². The predicted octanol–water partition coefficient (Wildman–Crippen LogP) is 2.49. The molecule has 4 aromatic rings. The molecule has 0 aliphatic heterocycles. The number of aromatic nitrogens is 6. The topological polar surface area (TPSA) is 106 Å². The van der Waals surface area contributed by atoms with Crippen LogP contribution in [0.1, 0.15) is 31.7 Å². The molecule has 1 aromatic carbocycles. The smallest absolute Gasteiger partial charge is 0.327 e. The number of imidazole rings is 2. The van der Waals surface area contributed by atoms with Gasteiger partial charge in [0.1, 0.15) is 11.8 Å². The standard InChI is InChI=1S/C19H17N7O2/c1-20-11-2-7-14-16(8-11)25(10-22-14)18-21-9-15-17(24-18)26(19(28)23-15)12-3-5-13(27)6-4-12/h2,7-10,12-13,27H,3-6H2,(H,23,28). The number of nitrogens with one attached hydrogen (secondary N) is 1. The number of aliphatic hydroxyl groups is 1. The SMILES string of the molecule is [C-]#[N+]c1ccc2ncn(-c3ncc4[nH]c(=O)n(C5CCC(O)CC5)c4n3)c2c1. The number of aromatic amines is 1. The number of rotatable bonds is 2. The van der Waals surface area contributed by atoms with E-state index in [-0.39, 0.29) is 17.8 Å². The van der Waals surface area contributed by atoms with Gasteiger partial charge in [-0.3, -0.25) is 9.13 Å². The molecule has 1 saturated carbocycles. The Balaban J connectivity index is 1.65. The van der Waals surface area contributed by atoms with Crippen molar-refractivity contribution in [2.75, 3.05) is 0 Å². The van der Waals surface area contributed by atoms with Gasteiger partial charge in [-0.1, -0.05) is 6.07 Å². The highest BCUT2D eigenvalue weighted by molar-refractivity contribution is 5.81. The fourth-order valence-electron chi connectivity index (χ4n) is 3.90. The maximum Gasteiger partial charge on any atom is 0.327 e. The lowest BCUT2D eigenvalue weighted by Crippen LogP contribution is -2.28. The van der Waals surface area contributed by atoms with Crippen LogP contribution in [0.25, 0.3) is 33.0 Å². The van der Waals surface area contributed by atoms with Crippen molar-refractivity contribution in [3.05, 3.63) is 52.6 Å². The third kappa shape index (κ3) is 2.58. The number of fused-ring (bicyclic) bond motifs is 2.